The Hall–Kier alpha value is -4.14. The Kier molecular flexibility index (Phi) is 37.4. The molecule has 0 saturated carbocycles. The largest absolute Gasteiger partial charge is 0.355 e. The number of benzene rings is 7. The van der Waals surface area contributed by atoms with Gasteiger partial charge in [-0.05, 0) is 35.8 Å². The van der Waals surface area contributed by atoms with E-state index in [1.165, 1.54) is 77.9 Å². The van der Waals surface area contributed by atoms with Gasteiger partial charge in [-0.2, -0.15) is 130 Å². The molecular weight excluding hydrogens is 1040 g/mol. The maximum Gasteiger partial charge on any atom is 0 e. The van der Waals surface area contributed by atoms with Gasteiger partial charge in [-0.25, -0.2) is 0 Å². The van der Waals surface area contributed by atoms with E-state index in [0.717, 1.165) is 42.4 Å². The molecule has 7 aromatic rings. The van der Waals surface area contributed by atoms with E-state index < -0.39 is 0 Å². The summed E-state index contributed by atoms with van der Waals surface area (Å²) in [4.78, 5) is 0. The summed E-state index contributed by atoms with van der Waals surface area (Å²) in [6.07, 6.45) is 3.19. The number of hydrogen-bond acceptors (Lipinski definition) is 0. The van der Waals surface area contributed by atoms with Crippen LogP contribution in [0, 0.1) is 50.2 Å². The molecule has 0 N–H and O–H groups in total. The van der Waals surface area contributed by atoms with E-state index in [4.69, 9.17) is 0 Å². The Balaban J connectivity index is 0. The van der Waals surface area contributed by atoms with Gasteiger partial charge >= 0.3 is 0 Å². The van der Waals surface area contributed by atoms with Crippen LogP contribution in [0.15, 0.2) is 115 Å². The first-order chi connectivity index (χ1) is 34.2. The van der Waals surface area contributed by atoms with E-state index in [0.29, 0.717) is 11.8 Å². The first-order valence-electron chi connectivity index (χ1n) is 27.0. The molecule has 0 bridgehead atoms. The molecule has 2 atom stereocenters. The van der Waals surface area contributed by atoms with Gasteiger partial charge in [-0.1, -0.05) is 190 Å². The number of rotatable bonds is 7. The molecule has 0 spiro atoms. The molecule has 3 aliphatic rings. The van der Waals surface area contributed by atoms with Gasteiger partial charge in [0.25, 0.3) is 0 Å². The van der Waals surface area contributed by atoms with E-state index >= 15 is 0 Å². The molecule has 2 heteroatoms. The zero-order valence-electron chi connectivity index (χ0n) is 47.1. The Bertz CT molecular complexity index is 2320. The van der Waals surface area contributed by atoms with Gasteiger partial charge in [0.15, 0.2) is 0 Å². The fourth-order valence-electron chi connectivity index (χ4n) is 8.96. The van der Waals surface area contributed by atoms with Crippen molar-refractivity contribution in [3.8, 4) is 33.4 Å². The second kappa shape index (κ2) is 38.5. The van der Waals surface area contributed by atoms with Gasteiger partial charge in [0, 0.05) is 40.8 Å². The minimum atomic E-state index is -0.0285. The molecule has 71 heavy (non-hydrogen) atoms. The van der Waals surface area contributed by atoms with Crippen LogP contribution in [0.3, 0.4) is 0 Å². The first-order valence-corrected chi connectivity index (χ1v) is 27.0. The van der Waals surface area contributed by atoms with Crippen molar-refractivity contribution in [1.29, 1.82) is 0 Å². The summed E-state index contributed by atoms with van der Waals surface area (Å²) in [6, 6.07) is 63.9. The second-order valence-corrected chi connectivity index (χ2v) is 14.1. The second-order valence-electron chi connectivity index (χ2n) is 14.1. The van der Waals surface area contributed by atoms with E-state index in [1.54, 1.807) is 0 Å². The van der Waals surface area contributed by atoms with E-state index in [9.17, 15) is 0 Å². The van der Waals surface area contributed by atoms with Crippen molar-refractivity contribution in [1.82, 2.24) is 0 Å². The van der Waals surface area contributed by atoms with Crippen molar-refractivity contribution in [2.75, 3.05) is 0 Å². The zero-order chi connectivity index (χ0) is 52.1. The molecule has 10 rings (SSSR count). The van der Waals surface area contributed by atoms with Gasteiger partial charge in [0.1, 0.15) is 0 Å². The van der Waals surface area contributed by atoms with Crippen molar-refractivity contribution in [3.05, 3.63) is 227 Å². The molecular formula is C69H88Pd2-8. The molecule has 0 aromatic heterocycles. The summed E-state index contributed by atoms with van der Waals surface area (Å²) in [5.74, 6) is 0.562. The molecule has 0 fully saturated rings. The van der Waals surface area contributed by atoms with Crippen LogP contribution in [0.2, 0.25) is 0 Å². The van der Waals surface area contributed by atoms with Crippen molar-refractivity contribution < 1.29 is 40.8 Å². The summed E-state index contributed by atoms with van der Waals surface area (Å²) in [7, 11) is 0. The Morgan fingerprint density at radius 2 is 0.620 bits per heavy atom. The summed E-state index contributed by atoms with van der Waals surface area (Å²) in [5.41, 5.74) is 21.0. The van der Waals surface area contributed by atoms with Crippen molar-refractivity contribution in [3.63, 3.8) is 0 Å². The van der Waals surface area contributed by atoms with Gasteiger partial charge in [-0.15, -0.1) is 22.3 Å². The quantitative estimate of drug-likeness (QED) is 0.110. The van der Waals surface area contributed by atoms with Gasteiger partial charge in [0.05, 0.1) is 0 Å². The number of fused-ring (bicyclic) bond motifs is 9. The third-order valence-corrected chi connectivity index (χ3v) is 11.3. The van der Waals surface area contributed by atoms with Gasteiger partial charge in [0.2, 0.25) is 0 Å². The average molecular weight is 1130 g/mol. The van der Waals surface area contributed by atoms with Crippen LogP contribution in [0.1, 0.15) is 216 Å². The maximum absolute atomic E-state index is 4.29. The SMILES string of the molecule is CC.CC.CC.CC.CC.CC.CC.CC.CC.[CH2-]CC1c2[c-]c(Cc3[c-]c4c(cc3)-c3ccc(Cc5[c-]c6c(cc5)-c5ccccc5C6C[CH2-])[c-]c3C4c3[c-]ccc[c-]3)ccc2-c2ccccc21.[Pd].[Pd]. The van der Waals surface area contributed by atoms with Crippen LogP contribution in [0.5, 0.6) is 0 Å². The molecule has 0 heterocycles. The molecule has 7 aromatic carbocycles. The van der Waals surface area contributed by atoms with Gasteiger partial charge < -0.3 is 26.0 Å². The zero-order valence-corrected chi connectivity index (χ0v) is 50.2. The fourth-order valence-corrected chi connectivity index (χ4v) is 8.96. The van der Waals surface area contributed by atoms with Gasteiger partial charge in [-0.3, -0.25) is 23.8 Å². The molecule has 3 aliphatic carbocycles. The molecule has 0 saturated heterocycles. The maximum atomic E-state index is 4.29. The molecule has 0 aliphatic heterocycles. The van der Waals surface area contributed by atoms with Crippen molar-refractivity contribution >= 4 is 0 Å². The Morgan fingerprint density at radius 3 is 0.930 bits per heavy atom. The molecule has 2 unspecified atom stereocenters. The molecule has 0 amide bonds. The molecule has 392 valence electrons. The number of hydrogen-bond donors (Lipinski definition) is 0. The first kappa shape index (κ1) is 68.9. The molecule has 0 nitrogen and oxygen atoms in total. The minimum absolute atomic E-state index is 0. The minimum Gasteiger partial charge on any atom is -0.355 e. The normalized spacial score (nSPS) is 13.2. The van der Waals surface area contributed by atoms with Crippen LogP contribution >= 0.6 is 0 Å². The van der Waals surface area contributed by atoms with Crippen molar-refractivity contribution in [2.45, 2.75) is 168 Å². The van der Waals surface area contributed by atoms with Crippen LogP contribution in [-0.4, -0.2) is 0 Å². The summed E-state index contributed by atoms with van der Waals surface area (Å²) < 4.78 is 0. The van der Waals surface area contributed by atoms with Crippen molar-refractivity contribution in [2.24, 2.45) is 0 Å². The standard InChI is InChI=1S/C51H34.9C2H6.2Pd/c1-3-37-39-14-8-10-16-41(39)43-22-18-32(28-47(37)43)26-34-20-24-45-46-25-21-35(31-50(46)51(49(45)30-34)36-12-6-5-7-13-36)27-33-19-23-44-42-17-11-9-15-40(42)38(4-2)48(44)29-33;9*1-2;;/h5-11,14-25,37-38,51H,1-4,26-27H2;9*1-2H3;;/q-8;;;;;;;;;;;. The summed E-state index contributed by atoms with van der Waals surface area (Å²) in [6.45, 7) is 44.6. The Labute approximate surface area is 465 Å². The fraction of sp³-hybridized carbons (Fsp3) is 0.362. The predicted molar refractivity (Wildman–Crippen MR) is 307 cm³/mol. The monoisotopic (exact) mass is 1130 g/mol. The van der Waals surface area contributed by atoms with E-state index in [2.05, 4.69) is 147 Å². The molecule has 0 radical (unpaired) electrons. The summed E-state index contributed by atoms with van der Waals surface area (Å²) >= 11 is 0. The van der Waals surface area contributed by atoms with Crippen LogP contribution < -0.4 is 0 Å². The average Bonchev–Trinajstić information content (AvgIpc) is 4.07. The van der Waals surface area contributed by atoms with Crippen LogP contribution in [-0.2, 0) is 53.7 Å². The summed E-state index contributed by atoms with van der Waals surface area (Å²) in [5, 5.41) is 0. The van der Waals surface area contributed by atoms with Crippen LogP contribution in [0.25, 0.3) is 33.4 Å². The predicted octanol–water partition coefficient (Wildman–Crippen LogP) is 20.7. The third-order valence-electron chi connectivity index (χ3n) is 11.3. The topological polar surface area (TPSA) is 0 Å². The van der Waals surface area contributed by atoms with Crippen LogP contribution in [0.4, 0.5) is 0 Å². The van der Waals surface area contributed by atoms with E-state index in [-0.39, 0.29) is 46.8 Å². The smallest absolute Gasteiger partial charge is 0 e. The third kappa shape index (κ3) is 15.9. The van der Waals surface area contributed by atoms with E-state index in [1.807, 2.05) is 143 Å². The Morgan fingerprint density at radius 1 is 0.338 bits per heavy atom.